The van der Waals surface area contributed by atoms with Crippen LogP contribution in [0.2, 0.25) is 0 Å². The topological polar surface area (TPSA) is 41.5 Å². The van der Waals surface area contributed by atoms with Crippen LogP contribution >= 0.6 is 15.9 Å². The van der Waals surface area contributed by atoms with E-state index in [0.29, 0.717) is 6.54 Å². The third-order valence-electron chi connectivity index (χ3n) is 4.08. The highest BCUT2D eigenvalue weighted by molar-refractivity contribution is 9.10. The van der Waals surface area contributed by atoms with Gasteiger partial charge in [-0.15, -0.1) is 0 Å². The van der Waals surface area contributed by atoms with Crippen LogP contribution in [-0.4, -0.2) is 22.9 Å². The van der Waals surface area contributed by atoms with Crippen LogP contribution in [0.25, 0.3) is 0 Å². The Kier molecular flexibility index (Phi) is 3.96. The van der Waals surface area contributed by atoms with Crippen LogP contribution in [0.5, 0.6) is 5.75 Å². The second-order valence-electron chi connectivity index (χ2n) is 6.19. The molecule has 0 bridgehead atoms. The smallest absolute Gasteiger partial charge is 0.127 e. The minimum absolute atomic E-state index is 0.374. The summed E-state index contributed by atoms with van der Waals surface area (Å²) in [5.74, 6) is 1.00. The Labute approximate surface area is 123 Å². The predicted octanol–water partition coefficient (Wildman–Crippen LogP) is 3.02. The summed E-state index contributed by atoms with van der Waals surface area (Å²) in [6, 6.07) is 4.20. The largest absolute Gasteiger partial charge is 0.493 e. The molecule has 1 aromatic rings. The molecule has 0 radical (unpaired) electrons. The van der Waals surface area contributed by atoms with Crippen molar-refractivity contribution in [2.24, 2.45) is 0 Å². The number of hydrogen-bond donors (Lipinski definition) is 2. The van der Waals surface area contributed by atoms with Gasteiger partial charge in [0, 0.05) is 28.5 Å². The molecule has 0 spiro atoms. The SMILES string of the molecule is CC(C)(O)C(C)(C)NCc1cc(Br)cc2c1OCC2. The van der Waals surface area contributed by atoms with E-state index < -0.39 is 5.60 Å². The molecule has 3 nitrogen and oxygen atoms in total. The highest BCUT2D eigenvalue weighted by Gasteiger charge is 2.34. The fourth-order valence-electron chi connectivity index (χ4n) is 2.01. The van der Waals surface area contributed by atoms with Crippen molar-refractivity contribution in [2.45, 2.75) is 51.8 Å². The van der Waals surface area contributed by atoms with Gasteiger partial charge in [0.2, 0.25) is 0 Å². The number of fused-ring (bicyclic) bond motifs is 1. The molecule has 1 aliphatic heterocycles. The van der Waals surface area contributed by atoms with E-state index in [2.05, 4.69) is 33.4 Å². The van der Waals surface area contributed by atoms with E-state index in [9.17, 15) is 5.11 Å². The molecule has 2 N–H and O–H groups in total. The zero-order valence-corrected chi connectivity index (χ0v) is 13.6. The standard InChI is InChI=1S/C15H22BrNO2/c1-14(2,15(3,4)18)17-9-11-8-12(16)7-10-5-6-19-13(10)11/h7-8,17-18H,5-6,9H2,1-4H3. The quantitative estimate of drug-likeness (QED) is 0.893. The molecule has 0 unspecified atom stereocenters. The monoisotopic (exact) mass is 327 g/mol. The first-order valence-corrected chi connectivity index (χ1v) is 7.41. The fraction of sp³-hybridized carbons (Fsp3) is 0.600. The van der Waals surface area contributed by atoms with Crippen LogP contribution < -0.4 is 10.1 Å². The second-order valence-corrected chi connectivity index (χ2v) is 7.10. The Morgan fingerprint density at radius 2 is 2.00 bits per heavy atom. The molecule has 0 saturated heterocycles. The van der Waals surface area contributed by atoms with Crippen molar-refractivity contribution < 1.29 is 9.84 Å². The Bertz CT molecular complexity index is 478. The zero-order chi connectivity index (χ0) is 14.3. The molecule has 0 aliphatic carbocycles. The van der Waals surface area contributed by atoms with Crippen molar-refractivity contribution >= 4 is 15.9 Å². The first-order chi connectivity index (χ1) is 8.71. The van der Waals surface area contributed by atoms with Crippen molar-refractivity contribution in [1.82, 2.24) is 5.32 Å². The van der Waals surface area contributed by atoms with Crippen molar-refractivity contribution in [3.05, 3.63) is 27.7 Å². The number of aliphatic hydroxyl groups is 1. The lowest BCUT2D eigenvalue weighted by atomic mass is 9.86. The zero-order valence-electron chi connectivity index (χ0n) is 12.0. The third kappa shape index (κ3) is 3.12. The van der Waals surface area contributed by atoms with Crippen LogP contribution in [0.3, 0.4) is 0 Å². The molecule has 0 amide bonds. The van der Waals surface area contributed by atoms with Crippen molar-refractivity contribution in [3.63, 3.8) is 0 Å². The summed E-state index contributed by atoms with van der Waals surface area (Å²) in [5, 5.41) is 13.6. The maximum Gasteiger partial charge on any atom is 0.127 e. The van der Waals surface area contributed by atoms with E-state index in [1.54, 1.807) is 0 Å². The fourth-order valence-corrected chi connectivity index (χ4v) is 2.56. The highest BCUT2D eigenvalue weighted by atomic mass is 79.9. The summed E-state index contributed by atoms with van der Waals surface area (Å²) in [6.07, 6.45) is 0.969. The number of hydrogen-bond acceptors (Lipinski definition) is 3. The number of benzene rings is 1. The van der Waals surface area contributed by atoms with Gasteiger partial charge in [0.05, 0.1) is 12.2 Å². The second kappa shape index (κ2) is 5.08. The van der Waals surface area contributed by atoms with E-state index in [1.165, 1.54) is 5.56 Å². The molecule has 0 fully saturated rings. The normalized spacial score (nSPS) is 15.3. The Morgan fingerprint density at radius 3 is 2.63 bits per heavy atom. The van der Waals surface area contributed by atoms with Crippen molar-refractivity contribution in [3.8, 4) is 5.75 Å². The summed E-state index contributed by atoms with van der Waals surface area (Å²) in [6.45, 7) is 9.09. The van der Waals surface area contributed by atoms with Gasteiger partial charge in [0.25, 0.3) is 0 Å². The number of nitrogens with one attached hydrogen (secondary N) is 1. The average molecular weight is 328 g/mol. The molecule has 1 aliphatic rings. The van der Waals surface area contributed by atoms with E-state index in [0.717, 1.165) is 28.8 Å². The Morgan fingerprint density at radius 1 is 1.32 bits per heavy atom. The van der Waals surface area contributed by atoms with E-state index in [-0.39, 0.29) is 5.54 Å². The maximum absolute atomic E-state index is 10.2. The number of ether oxygens (including phenoxy) is 1. The third-order valence-corrected chi connectivity index (χ3v) is 4.53. The van der Waals surface area contributed by atoms with E-state index in [1.807, 2.05) is 27.7 Å². The van der Waals surface area contributed by atoms with Gasteiger partial charge in [-0.05, 0) is 45.4 Å². The molecule has 19 heavy (non-hydrogen) atoms. The first-order valence-electron chi connectivity index (χ1n) is 6.62. The summed E-state index contributed by atoms with van der Waals surface area (Å²) in [5.41, 5.74) is 1.23. The maximum atomic E-state index is 10.2. The molecule has 1 aromatic carbocycles. The molecule has 0 saturated carbocycles. The molecule has 4 heteroatoms. The summed E-state index contributed by atoms with van der Waals surface area (Å²) in [4.78, 5) is 0. The van der Waals surface area contributed by atoms with Crippen LogP contribution in [0.1, 0.15) is 38.8 Å². The van der Waals surface area contributed by atoms with E-state index >= 15 is 0 Å². The highest BCUT2D eigenvalue weighted by Crippen LogP contribution is 2.33. The van der Waals surface area contributed by atoms with Gasteiger partial charge in [0.15, 0.2) is 0 Å². The van der Waals surface area contributed by atoms with Gasteiger partial charge in [-0.1, -0.05) is 15.9 Å². The van der Waals surface area contributed by atoms with E-state index in [4.69, 9.17) is 4.74 Å². The summed E-state index contributed by atoms with van der Waals surface area (Å²) < 4.78 is 6.79. The van der Waals surface area contributed by atoms with Gasteiger partial charge in [-0.3, -0.25) is 0 Å². The molecule has 0 atom stereocenters. The number of rotatable bonds is 4. The van der Waals surface area contributed by atoms with Gasteiger partial charge < -0.3 is 15.2 Å². The van der Waals surface area contributed by atoms with Crippen LogP contribution in [0.4, 0.5) is 0 Å². The predicted molar refractivity (Wildman–Crippen MR) is 80.6 cm³/mol. The average Bonchev–Trinajstić information content (AvgIpc) is 2.72. The molecular weight excluding hydrogens is 306 g/mol. The lowest BCUT2D eigenvalue weighted by molar-refractivity contribution is -0.00539. The lowest BCUT2D eigenvalue weighted by Gasteiger charge is -2.38. The number of halogens is 1. The summed E-state index contributed by atoms with van der Waals surface area (Å²) >= 11 is 3.54. The minimum Gasteiger partial charge on any atom is -0.493 e. The lowest BCUT2D eigenvalue weighted by Crippen LogP contribution is -2.55. The van der Waals surface area contributed by atoms with Gasteiger partial charge in [-0.25, -0.2) is 0 Å². The minimum atomic E-state index is -0.789. The van der Waals surface area contributed by atoms with Crippen LogP contribution in [-0.2, 0) is 13.0 Å². The molecule has 0 aromatic heterocycles. The Hall–Kier alpha value is -0.580. The van der Waals surface area contributed by atoms with Crippen LogP contribution in [0, 0.1) is 0 Å². The summed E-state index contributed by atoms with van der Waals surface area (Å²) in [7, 11) is 0. The van der Waals surface area contributed by atoms with Gasteiger partial charge in [0.1, 0.15) is 5.75 Å². The van der Waals surface area contributed by atoms with Crippen molar-refractivity contribution in [1.29, 1.82) is 0 Å². The molecule has 1 heterocycles. The molecule has 2 rings (SSSR count). The van der Waals surface area contributed by atoms with Gasteiger partial charge >= 0.3 is 0 Å². The first kappa shape index (κ1) is 14.8. The van der Waals surface area contributed by atoms with Gasteiger partial charge in [-0.2, -0.15) is 0 Å². The Balaban J connectivity index is 2.17. The molecule has 106 valence electrons. The van der Waals surface area contributed by atoms with Crippen molar-refractivity contribution in [2.75, 3.05) is 6.61 Å². The molecular formula is C15H22BrNO2. The van der Waals surface area contributed by atoms with Crippen LogP contribution in [0.15, 0.2) is 16.6 Å².